The fourth-order valence-electron chi connectivity index (χ4n) is 9.11. The van der Waals surface area contributed by atoms with Crippen molar-refractivity contribution in [2.24, 2.45) is 0 Å². The number of benzene rings is 4. The molecule has 4 amide bonds. The van der Waals surface area contributed by atoms with Gasteiger partial charge in [-0.15, -0.1) is 0 Å². The molecule has 0 aliphatic carbocycles. The third-order valence-corrected chi connectivity index (χ3v) is 13.5. The van der Waals surface area contributed by atoms with E-state index in [-0.39, 0.29) is 61.5 Å². The zero-order chi connectivity index (χ0) is 51.8. The highest BCUT2D eigenvalue weighted by atomic mass is 35.5. The van der Waals surface area contributed by atoms with Crippen molar-refractivity contribution in [1.29, 1.82) is 0 Å². The summed E-state index contributed by atoms with van der Waals surface area (Å²) in [7, 11) is 0. The van der Waals surface area contributed by atoms with E-state index in [1.54, 1.807) is 0 Å². The Balaban J connectivity index is 0.000000178. The Morgan fingerprint density at radius 3 is 1.25 bits per heavy atom. The summed E-state index contributed by atoms with van der Waals surface area (Å²) in [6.07, 6.45) is 2.47. The number of hydrogen-bond donors (Lipinski definition) is 4. The normalized spacial score (nSPS) is 16.3. The SMILES string of the molecule is O=C(NCc1ccc(F)c(Cl)c1F)c1cn2c(c(O)c1=O)C(=O)N1Cc3cc(F)c(F)cc3C[C@@H]2C1.O=C(NCc1ccc(F)c(Cl)c1F)c1cn2c(c(O)c1=O)C(=O)N1Cc3cc(F)c(F)cc3C[C@H]2C1. The molecule has 372 valence electrons. The summed E-state index contributed by atoms with van der Waals surface area (Å²) in [5.74, 6) is -13.7. The summed E-state index contributed by atoms with van der Waals surface area (Å²) in [6, 6.07) is 6.87. The van der Waals surface area contributed by atoms with Crippen LogP contribution in [-0.4, -0.2) is 65.9 Å². The van der Waals surface area contributed by atoms with Crippen LogP contribution in [0.5, 0.6) is 11.5 Å². The first-order valence-electron chi connectivity index (χ1n) is 21.4. The number of aromatic hydroxyl groups is 2. The number of halogens is 10. The van der Waals surface area contributed by atoms with E-state index in [0.717, 1.165) is 60.9 Å². The van der Waals surface area contributed by atoms with E-state index in [1.807, 2.05) is 0 Å². The van der Waals surface area contributed by atoms with Crippen LogP contribution in [0.4, 0.5) is 35.1 Å². The molecule has 6 aromatic rings. The Bertz CT molecular complexity index is 3280. The van der Waals surface area contributed by atoms with E-state index in [2.05, 4.69) is 10.6 Å². The molecule has 0 radical (unpaired) electrons. The fourth-order valence-corrected chi connectivity index (χ4v) is 9.48. The Morgan fingerprint density at radius 1 is 0.542 bits per heavy atom. The molecule has 4 bridgehead atoms. The number of nitrogens with zero attached hydrogens (tertiary/aromatic N) is 4. The summed E-state index contributed by atoms with van der Waals surface area (Å²) in [6.45, 7) is -0.784. The standard InChI is InChI=1S/2C24H16ClF4N3O4/c2*25-18-15(26)2-1-10(19(18)29)6-30-23(35)14-9-32-13-3-11-4-16(27)17(28)5-12(11)7-31(8-13)24(36)20(32)22(34)21(14)33/h2*1-2,4-5,9,13,34H,3,6-8H2,(H,30,35)/t2*13-/m10/s1. The van der Waals surface area contributed by atoms with Gasteiger partial charge in [-0.05, 0) is 71.5 Å². The molecular weight excluding hydrogens is 1010 g/mol. The second-order valence-corrected chi connectivity index (χ2v) is 17.9. The lowest BCUT2D eigenvalue weighted by Gasteiger charge is -2.34. The van der Waals surface area contributed by atoms with E-state index in [9.17, 15) is 74.1 Å². The highest BCUT2D eigenvalue weighted by Crippen LogP contribution is 2.36. The van der Waals surface area contributed by atoms with E-state index in [4.69, 9.17) is 23.2 Å². The van der Waals surface area contributed by atoms with Crippen LogP contribution in [0.3, 0.4) is 0 Å². The first kappa shape index (κ1) is 49.3. The van der Waals surface area contributed by atoms with Crippen molar-refractivity contribution in [2.45, 2.75) is 51.1 Å². The molecule has 2 atom stereocenters. The zero-order valence-corrected chi connectivity index (χ0v) is 38.0. The average Bonchev–Trinajstić information content (AvgIpc) is 3.61. The van der Waals surface area contributed by atoms with Gasteiger partial charge in [-0.3, -0.25) is 28.8 Å². The fraction of sp³-hybridized carbons (Fsp3) is 0.208. The molecule has 24 heteroatoms. The summed E-state index contributed by atoms with van der Waals surface area (Å²) in [5, 5.41) is 24.3. The van der Waals surface area contributed by atoms with Gasteiger partial charge in [0.1, 0.15) is 44.4 Å². The second kappa shape index (κ2) is 18.8. The van der Waals surface area contributed by atoms with Gasteiger partial charge >= 0.3 is 0 Å². The third kappa shape index (κ3) is 8.67. The maximum atomic E-state index is 14.2. The Labute approximate surface area is 409 Å². The second-order valence-electron chi connectivity index (χ2n) is 17.1. The molecule has 72 heavy (non-hydrogen) atoms. The molecule has 2 aromatic heterocycles. The number of carbonyl (C=O) groups is 4. The van der Waals surface area contributed by atoms with Gasteiger partial charge in [-0.2, -0.15) is 0 Å². The smallest absolute Gasteiger partial charge is 0.274 e. The summed E-state index contributed by atoms with van der Waals surface area (Å²) >= 11 is 11.1. The van der Waals surface area contributed by atoms with Gasteiger partial charge in [0.15, 0.2) is 46.2 Å². The third-order valence-electron chi connectivity index (χ3n) is 12.8. The molecule has 4 aliphatic heterocycles. The van der Waals surface area contributed by atoms with Crippen molar-refractivity contribution >= 4 is 46.8 Å². The lowest BCUT2D eigenvalue weighted by atomic mass is 10.0. The molecular formula is C48H32Cl2F8N6O8. The van der Waals surface area contributed by atoms with Gasteiger partial charge in [-0.25, -0.2) is 35.1 Å². The van der Waals surface area contributed by atoms with Crippen LogP contribution in [-0.2, 0) is 39.0 Å². The average molecular weight is 1040 g/mol. The van der Waals surface area contributed by atoms with E-state index in [1.165, 1.54) is 18.9 Å². The minimum Gasteiger partial charge on any atom is -0.503 e. The van der Waals surface area contributed by atoms with Crippen molar-refractivity contribution in [3.05, 3.63) is 194 Å². The van der Waals surface area contributed by atoms with Crippen LogP contribution in [0.25, 0.3) is 0 Å². The zero-order valence-electron chi connectivity index (χ0n) is 36.5. The van der Waals surface area contributed by atoms with Gasteiger partial charge < -0.3 is 39.8 Å². The number of rotatable bonds is 6. The minimum atomic E-state index is -1.13. The minimum absolute atomic E-state index is 0.0521. The Morgan fingerprint density at radius 2 is 0.889 bits per heavy atom. The summed E-state index contributed by atoms with van der Waals surface area (Å²) in [5.41, 5.74) is -2.63. The van der Waals surface area contributed by atoms with Crippen LogP contribution in [0.1, 0.15) is 87.2 Å². The maximum Gasteiger partial charge on any atom is 0.274 e. The van der Waals surface area contributed by atoms with Crippen molar-refractivity contribution in [1.82, 2.24) is 29.6 Å². The molecule has 0 unspecified atom stereocenters. The summed E-state index contributed by atoms with van der Waals surface area (Å²) in [4.78, 5) is 79.9. The highest BCUT2D eigenvalue weighted by Gasteiger charge is 2.40. The number of nitrogens with one attached hydrogen (secondary N) is 2. The number of aromatic nitrogens is 2. The van der Waals surface area contributed by atoms with E-state index >= 15 is 0 Å². The molecule has 0 saturated carbocycles. The van der Waals surface area contributed by atoms with Crippen molar-refractivity contribution in [3.63, 3.8) is 0 Å². The van der Waals surface area contributed by atoms with Crippen LogP contribution >= 0.6 is 23.2 Å². The molecule has 4 N–H and O–H groups in total. The molecule has 0 spiro atoms. The molecule has 4 aromatic carbocycles. The molecule has 14 nitrogen and oxygen atoms in total. The van der Waals surface area contributed by atoms with Gasteiger partial charge in [-0.1, -0.05) is 35.3 Å². The topological polar surface area (TPSA) is 183 Å². The lowest BCUT2D eigenvalue weighted by molar-refractivity contribution is 0.0647. The number of fused-ring (bicyclic) bond motifs is 10. The highest BCUT2D eigenvalue weighted by molar-refractivity contribution is 6.31. The Kier molecular flexibility index (Phi) is 12.9. The van der Waals surface area contributed by atoms with Gasteiger partial charge in [0.05, 0.1) is 12.1 Å². The van der Waals surface area contributed by atoms with Crippen molar-refractivity contribution in [2.75, 3.05) is 13.1 Å². The largest absolute Gasteiger partial charge is 0.503 e. The van der Waals surface area contributed by atoms with Crippen LogP contribution in [0, 0.1) is 46.5 Å². The van der Waals surface area contributed by atoms with Gasteiger partial charge in [0.25, 0.3) is 23.6 Å². The van der Waals surface area contributed by atoms with Crippen molar-refractivity contribution in [3.8, 4) is 11.5 Å². The predicted octanol–water partition coefficient (Wildman–Crippen LogP) is 6.89. The van der Waals surface area contributed by atoms with Gasteiger partial charge in [0, 0.05) is 62.8 Å². The van der Waals surface area contributed by atoms with Crippen molar-refractivity contribution < 1.29 is 64.5 Å². The predicted molar refractivity (Wildman–Crippen MR) is 237 cm³/mol. The van der Waals surface area contributed by atoms with Gasteiger partial charge in [0.2, 0.25) is 10.9 Å². The number of hydrogen-bond acceptors (Lipinski definition) is 8. The Hall–Kier alpha value is -7.72. The molecule has 4 aliphatic rings. The van der Waals surface area contributed by atoms with Crippen LogP contribution < -0.4 is 21.5 Å². The molecule has 0 fully saturated rings. The first-order chi connectivity index (χ1) is 34.1. The molecule has 6 heterocycles. The van der Waals surface area contributed by atoms with E-state index < -0.39 is 139 Å². The van der Waals surface area contributed by atoms with Crippen LogP contribution in [0.2, 0.25) is 10.0 Å². The monoisotopic (exact) mass is 1040 g/mol. The summed E-state index contributed by atoms with van der Waals surface area (Å²) < 4.78 is 113. The van der Waals surface area contributed by atoms with E-state index in [0.29, 0.717) is 22.3 Å². The molecule has 0 saturated heterocycles. The lowest BCUT2D eigenvalue weighted by Crippen LogP contribution is -2.44. The van der Waals surface area contributed by atoms with Crippen LogP contribution in [0.15, 0.2) is 70.5 Å². The number of carbonyl (C=O) groups excluding carboxylic acids is 4. The quantitative estimate of drug-likeness (QED) is 0.103. The number of pyridine rings is 2. The maximum absolute atomic E-state index is 14.2. The first-order valence-corrected chi connectivity index (χ1v) is 22.2. The number of amides is 4. The molecule has 10 rings (SSSR count).